The molecule has 0 rings (SSSR count). The first-order chi connectivity index (χ1) is 8.01. The minimum absolute atomic E-state index is 0.243. The Labute approximate surface area is 105 Å². The van der Waals surface area contributed by atoms with Gasteiger partial charge in [0, 0.05) is 0 Å². The zero-order chi connectivity index (χ0) is 13.3. The molecule has 17 heavy (non-hydrogen) atoms. The van der Waals surface area contributed by atoms with Crippen LogP contribution in [0.1, 0.15) is 12.8 Å². The summed E-state index contributed by atoms with van der Waals surface area (Å²) in [7, 11) is 0. The Morgan fingerprint density at radius 3 is 2.53 bits per heavy atom. The number of carboxylic acid groups (broad SMARTS) is 1. The van der Waals surface area contributed by atoms with Crippen LogP contribution in [0.25, 0.3) is 0 Å². The van der Waals surface area contributed by atoms with Crippen LogP contribution in [0.15, 0.2) is 12.2 Å². The number of aliphatic hydroxyl groups is 2. The van der Waals surface area contributed by atoms with Gasteiger partial charge in [-0.25, -0.2) is 4.79 Å². The number of aliphatic hydroxyl groups excluding tert-OH is 2. The van der Waals surface area contributed by atoms with Gasteiger partial charge in [-0.05, 0) is 12.2 Å². The van der Waals surface area contributed by atoms with E-state index in [1.807, 2.05) is 0 Å². The molecule has 0 saturated heterocycles. The lowest BCUT2D eigenvalue weighted by atomic mass is 10.2. The number of rotatable bonds is 8. The highest BCUT2D eigenvalue weighted by Gasteiger charge is 2.19. The van der Waals surface area contributed by atoms with E-state index in [1.54, 1.807) is 6.08 Å². The fourth-order valence-electron chi connectivity index (χ4n) is 1.02. The third-order valence-electron chi connectivity index (χ3n) is 1.86. The van der Waals surface area contributed by atoms with Crippen LogP contribution in [-0.2, 0) is 9.59 Å². The van der Waals surface area contributed by atoms with Crippen LogP contribution in [0.3, 0.4) is 0 Å². The van der Waals surface area contributed by atoms with E-state index < -0.39 is 30.6 Å². The third-order valence-corrected chi connectivity index (χ3v) is 2.12. The summed E-state index contributed by atoms with van der Waals surface area (Å²) in [6, 6.07) is -1.34. The largest absolute Gasteiger partial charge is 0.480 e. The average Bonchev–Trinajstić information content (AvgIpc) is 2.25. The predicted octanol–water partition coefficient (Wildman–Crippen LogP) is -0.825. The molecule has 0 aliphatic carbocycles. The van der Waals surface area contributed by atoms with Gasteiger partial charge in [0.25, 0.3) is 0 Å². The number of amides is 1. The van der Waals surface area contributed by atoms with Gasteiger partial charge in [-0.2, -0.15) is 12.6 Å². The van der Waals surface area contributed by atoms with Crippen molar-refractivity contribution < 1.29 is 24.9 Å². The molecule has 0 radical (unpaired) electrons. The highest BCUT2D eigenvalue weighted by molar-refractivity contribution is 7.80. The van der Waals surface area contributed by atoms with Gasteiger partial charge in [-0.3, -0.25) is 4.79 Å². The number of nitrogens with one attached hydrogen (secondary N) is 1. The zero-order valence-corrected chi connectivity index (χ0v) is 10.1. The van der Waals surface area contributed by atoms with Crippen LogP contribution in [0, 0.1) is 0 Å². The smallest absolute Gasteiger partial charge is 0.328 e. The minimum Gasteiger partial charge on any atom is -0.480 e. The Kier molecular flexibility index (Phi) is 8.47. The van der Waals surface area contributed by atoms with Crippen LogP contribution >= 0.6 is 12.6 Å². The third kappa shape index (κ3) is 7.78. The van der Waals surface area contributed by atoms with Crippen molar-refractivity contribution in [2.24, 2.45) is 0 Å². The molecule has 0 saturated carbocycles. The van der Waals surface area contributed by atoms with Gasteiger partial charge in [-0.15, -0.1) is 0 Å². The number of hydrogen-bond donors (Lipinski definition) is 5. The topological polar surface area (TPSA) is 107 Å². The van der Waals surface area contributed by atoms with Crippen molar-refractivity contribution in [2.75, 3.05) is 12.4 Å². The molecule has 6 nitrogen and oxygen atoms in total. The summed E-state index contributed by atoms with van der Waals surface area (Å²) in [5.41, 5.74) is 0. The lowest BCUT2D eigenvalue weighted by Crippen LogP contribution is -2.44. The van der Waals surface area contributed by atoms with Gasteiger partial charge in [-0.1, -0.05) is 12.2 Å². The van der Waals surface area contributed by atoms with Crippen LogP contribution in [0.5, 0.6) is 0 Å². The van der Waals surface area contributed by atoms with Crippen molar-refractivity contribution in [3.05, 3.63) is 12.2 Å². The Morgan fingerprint density at radius 2 is 2.06 bits per heavy atom. The Hall–Kier alpha value is -1.05. The van der Waals surface area contributed by atoms with E-state index in [1.165, 1.54) is 6.08 Å². The Balaban J connectivity index is 4.04. The SMILES string of the molecule is O=C(CC(O)/C=C/CCS)N[C@H](CO)C(=O)O. The van der Waals surface area contributed by atoms with E-state index in [9.17, 15) is 14.7 Å². The Morgan fingerprint density at radius 1 is 1.41 bits per heavy atom. The van der Waals surface area contributed by atoms with Crippen molar-refractivity contribution in [1.82, 2.24) is 5.32 Å². The van der Waals surface area contributed by atoms with E-state index in [2.05, 4.69) is 17.9 Å². The molecule has 0 aromatic carbocycles. The summed E-state index contributed by atoms with van der Waals surface area (Å²) in [4.78, 5) is 21.8. The van der Waals surface area contributed by atoms with Gasteiger partial charge in [0.05, 0.1) is 19.1 Å². The number of carbonyl (C=O) groups excluding carboxylic acids is 1. The fourth-order valence-corrected chi connectivity index (χ4v) is 1.17. The van der Waals surface area contributed by atoms with Crippen LogP contribution < -0.4 is 5.32 Å². The number of allylic oxidation sites excluding steroid dienone is 1. The molecule has 0 fully saturated rings. The van der Waals surface area contributed by atoms with Crippen molar-refractivity contribution in [1.29, 1.82) is 0 Å². The van der Waals surface area contributed by atoms with Gasteiger partial charge in [0.15, 0.2) is 0 Å². The van der Waals surface area contributed by atoms with Crippen molar-refractivity contribution in [3.8, 4) is 0 Å². The molecule has 2 atom stereocenters. The van der Waals surface area contributed by atoms with Crippen molar-refractivity contribution in [2.45, 2.75) is 25.0 Å². The average molecular weight is 263 g/mol. The molecule has 1 unspecified atom stereocenters. The van der Waals surface area contributed by atoms with Crippen LogP contribution in [0.2, 0.25) is 0 Å². The highest BCUT2D eigenvalue weighted by atomic mass is 32.1. The van der Waals surface area contributed by atoms with E-state index >= 15 is 0 Å². The summed E-state index contributed by atoms with van der Waals surface area (Å²) in [6.07, 6.45) is 2.60. The highest BCUT2D eigenvalue weighted by Crippen LogP contribution is 1.97. The lowest BCUT2D eigenvalue weighted by Gasteiger charge is -2.12. The second-order valence-electron chi connectivity index (χ2n) is 3.35. The van der Waals surface area contributed by atoms with E-state index in [-0.39, 0.29) is 6.42 Å². The molecule has 1 amide bonds. The van der Waals surface area contributed by atoms with Gasteiger partial charge in [0.2, 0.25) is 5.91 Å². The predicted molar refractivity (Wildman–Crippen MR) is 64.9 cm³/mol. The maximum atomic E-state index is 11.3. The molecular formula is C10H17NO5S. The molecule has 0 aromatic heterocycles. The molecule has 0 aromatic rings. The molecule has 0 bridgehead atoms. The Bertz CT molecular complexity index is 282. The minimum atomic E-state index is -1.34. The number of carboxylic acids is 1. The van der Waals surface area contributed by atoms with Gasteiger partial charge in [0.1, 0.15) is 6.04 Å². The summed E-state index contributed by atoms with van der Waals surface area (Å²) in [5, 5.41) is 28.7. The molecule has 4 N–H and O–H groups in total. The quantitative estimate of drug-likeness (QED) is 0.290. The zero-order valence-electron chi connectivity index (χ0n) is 9.24. The number of thiol groups is 1. The monoisotopic (exact) mass is 263 g/mol. The molecular weight excluding hydrogens is 246 g/mol. The maximum absolute atomic E-state index is 11.3. The number of hydrogen-bond acceptors (Lipinski definition) is 5. The molecule has 0 spiro atoms. The normalized spacial score (nSPS) is 14.5. The van der Waals surface area contributed by atoms with E-state index in [0.29, 0.717) is 12.2 Å². The first-order valence-electron chi connectivity index (χ1n) is 5.09. The van der Waals surface area contributed by atoms with E-state index in [0.717, 1.165) is 0 Å². The molecule has 0 aliphatic rings. The second kappa shape index (κ2) is 9.03. The lowest BCUT2D eigenvalue weighted by molar-refractivity contribution is -0.143. The van der Waals surface area contributed by atoms with Crippen molar-refractivity contribution in [3.63, 3.8) is 0 Å². The standard InChI is InChI=1S/C10H17NO5S/c12-6-8(10(15)16)11-9(14)5-7(13)3-1-2-4-17/h1,3,7-8,12-13,17H,2,4-6H2,(H,11,14)(H,15,16)/b3-1+/t7?,8-/m1/s1. The van der Waals surface area contributed by atoms with Crippen LogP contribution in [0.4, 0.5) is 0 Å². The maximum Gasteiger partial charge on any atom is 0.328 e. The molecule has 7 heteroatoms. The van der Waals surface area contributed by atoms with Crippen LogP contribution in [-0.4, -0.2) is 51.7 Å². The molecule has 98 valence electrons. The van der Waals surface area contributed by atoms with E-state index in [4.69, 9.17) is 10.2 Å². The number of carbonyl (C=O) groups is 2. The molecule has 0 aliphatic heterocycles. The number of aliphatic carboxylic acids is 1. The summed E-state index contributed by atoms with van der Waals surface area (Å²) >= 11 is 3.97. The van der Waals surface area contributed by atoms with Gasteiger partial charge < -0.3 is 20.6 Å². The molecule has 0 heterocycles. The fraction of sp³-hybridized carbons (Fsp3) is 0.600. The summed E-state index contributed by atoms with van der Waals surface area (Å²) < 4.78 is 0. The summed E-state index contributed by atoms with van der Waals surface area (Å²) in [5.74, 6) is -1.31. The second-order valence-corrected chi connectivity index (χ2v) is 3.80. The first-order valence-corrected chi connectivity index (χ1v) is 5.73. The van der Waals surface area contributed by atoms with Crippen molar-refractivity contribution >= 4 is 24.5 Å². The summed E-state index contributed by atoms with van der Waals surface area (Å²) in [6.45, 7) is -0.688. The first kappa shape index (κ1) is 16.0. The van der Waals surface area contributed by atoms with Gasteiger partial charge >= 0.3 is 5.97 Å².